The van der Waals surface area contributed by atoms with Gasteiger partial charge < -0.3 is 10.6 Å². The number of likely N-dealkylation sites (tertiary alicyclic amines) is 1. The summed E-state index contributed by atoms with van der Waals surface area (Å²) in [7, 11) is 0. The van der Waals surface area contributed by atoms with Crippen LogP contribution in [0.2, 0.25) is 5.02 Å². The minimum absolute atomic E-state index is 0.0126. The van der Waals surface area contributed by atoms with Crippen LogP contribution in [0.1, 0.15) is 15.9 Å². The van der Waals surface area contributed by atoms with E-state index in [1.807, 2.05) is 13.0 Å². The van der Waals surface area contributed by atoms with E-state index in [2.05, 4.69) is 0 Å². The number of nitrogens with two attached hydrogens (primary N) is 1. The Hall–Kier alpha value is -1.06. The second-order valence-electron chi connectivity index (χ2n) is 3.93. The number of nitrogens with zero attached hydrogens (tertiary/aromatic N) is 1. The molecule has 2 rings (SSSR count). The van der Waals surface area contributed by atoms with Gasteiger partial charge in [0.15, 0.2) is 0 Å². The molecule has 0 spiro atoms. The fraction of sp³-hybridized carbons (Fsp3) is 0.364. The molecule has 4 heteroatoms. The van der Waals surface area contributed by atoms with E-state index in [4.69, 9.17) is 17.3 Å². The zero-order chi connectivity index (χ0) is 11.0. The zero-order valence-corrected chi connectivity index (χ0v) is 9.29. The summed E-state index contributed by atoms with van der Waals surface area (Å²) >= 11 is 5.96. The van der Waals surface area contributed by atoms with E-state index < -0.39 is 0 Å². The van der Waals surface area contributed by atoms with Crippen LogP contribution in [0.15, 0.2) is 18.2 Å². The highest BCUT2D eigenvalue weighted by Crippen LogP contribution is 2.19. The predicted molar refractivity (Wildman–Crippen MR) is 60.1 cm³/mol. The molecule has 3 nitrogen and oxygen atoms in total. The van der Waals surface area contributed by atoms with Crippen LogP contribution in [-0.4, -0.2) is 29.9 Å². The van der Waals surface area contributed by atoms with Crippen LogP contribution in [0.4, 0.5) is 0 Å². The van der Waals surface area contributed by atoms with Crippen molar-refractivity contribution in [2.45, 2.75) is 13.0 Å². The van der Waals surface area contributed by atoms with Crippen LogP contribution in [0, 0.1) is 6.92 Å². The molecule has 1 fully saturated rings. The summed E-state index contributed by atoms with van der Waals surface area (Å²) in [5.74, 6) is 0.0126. The predicted octanol–water partition coefficient (Wildman–Crippen LogP) is 1.43. The molecule has 15 heavy (non-hydrogen) atoms. The van der Waals surface area contributed by atoms with E-state index in [-0.39, 0.29) is 11.9 Å². The van der Waals surface area contributed by atoms with Crippen LogP contribution < -0.4 is 5.73 Å². The topological polar surface area (TPSA) is 46.3 Å². The van der Waals surface area contributed by atoms with Gasteiger partial charge in [0.2, 0.25) is 0 Å². The number of halogens is 1. The van der Waals surface area contributed by atoms with E-state index in [1.54, 1.807) is 17.0 Å². The van der Waals surface area contributed by atoms with Crippen molar-refractivity contribution in [2.75, 3.05) is 13.1 Å². The quantitative estimate of drug-likeness (QED) is 0.785. The first-order valence-corrected chi connectivity index (χ1v) is 5.26. The maximum atomic E-state index is 11.8. The number of rotatable bonds is 1. The van der Waals surface area contributed by atoms with Crippen LogP contribution in [-0.2, 0) is 0 Å². The minimum atomic E-state index is 0.0126. The molecule has 1 amide bonds. The molecule has 0 saturated carbocycles. The van der Waals surface area contributed by atoms with E-state index in [0.717, 1.165) is 5.56 Å². The van der Waals surface area contributed by atoms with Crippen molar-refractivity contribution in [3.63, 3.8) is 0 Å². The average Bonchev–Trinajstić information content (AvgIpc) is 2.16. The number of benzene rings is 1. The van der Waals surface area contributed by atoms with Crippen LogP contribution in [0.3, 0.4) is 0 Å². The van der Waals surface area contributed by atoms with Crippen molar-refractivity contribution in [1.82, 2.24) is 4.90 Å². The molecule has 0 radical (unpaired) electrons. The lowest BCUT2D eigenvalue weighted by molar-refractivity contribution is 0.0608. The van der Waals surface area contributed by atoms with Crippen molar-refractivity contribution in [3.8, 4) is 0 Å². The molecule has 1 aliphatic heterocycles. The van der Waals surface area contributed by atoms with Gasteiger partial charge in [-0.1, -0.05) is 17.7 Å². The summed E-state index contributed by atoms with van der Waals surface area (Å²) in [6, 6.07) is 5.50. The molecule has 1 saturated heterocycles. The summed E-state index contributed by atoms with van der Waals surface area (Å²) in [4.78, 5) is 13.6. The third-order valence-electron chi connectivity index (χ3n) is 2.62. The van der Waals surface area contributed by atoms with E-state index in [9.17, 15) is 4.79 Å². The molecular formula is C11H13ClN2O. The standard InChI is InChI=1S/C11H13ClN2O/c1-7-2-3-8(4-10(7)12)11(15)14-5-9(13)6-14/h2-4,9H,5-6,13H2,1H3. The smallest absolute Gasteiger partial charge is 0.254 e. The van der Waals surface area contributed by atoms with Gasteiger partial charge in [-0.3, -0.25) is 4.79 Å². The number of carbonyl (C=O) groups excluding carboxylic acids is 1. The second kappa shape index (κ2) is 3.83. The van der Waals surface area contributed by atoms with Gasteiger partial charge in [-0.25, -0.2) is 0 Å². The van der Waals surface area contributed by atoms with Crippen LogP contribution in [0.5, 0.6) is 0 Å². The molecule has 1 heterocycles. The van der Waals surface area contributed by atoms with Gasteiger partial charge in [0, 0.05) is 29.7 Å². The number of hydrogen-bond donors (Lipinski definition) is 1. The Morgan fingerprint density at radius 3 is 2.73 bits per heavy atom. The lowest BCUT2D eigenvalue weighted by Gasteiger charge is -2.36. The average molecular weight is 225 g/mol. The maximum absolute atomic E-state index is 11.8. The number of carbonyl (C=O) groups is 1. The monoisotopic (exact) mass is 224 g/mol. The third kappa shape index (κ3) is 1.98. The fourth-order valence-corrected chi connectivity index (χ4v) is 1.77. The summed E-state index contributed by atoms with van der Waals surface area (Å²) in [5.41, 5.74) is 7.24. The van der Waals surface area contributed by atoms with Crippen LogP contribution >= 0.6 is 11.6 Å². The largest absolute Gasteiger partial charge is 0.335 e. The highest BCUT2D eigenvalue weighted by molar-refractivity contribution is 6.31. The summed E-state index contributed by atoms with van der Waals surface area (Å²) < 4.78 is 0. The SMILES string of the molecule is Cc1ccc(C(=O)N2CC(N)C2)cc1Cl. The van der Waals surface area contributed by atoms with Crippen LogP contribution in [0.25, 0.3) is 0 Å². The first kappa shape index (κ1) is 10.5. The highest BCUT2D eigenvalue weighted by Gasteiger charge is 2.28. The van der Waals surface area contributed by atoms with Gasteiger partial charge in [0.25, 0.3) is 5.91 Å². The Balaban J connectivity index is 2.16. The minimum Gasteiger partial charge on any atom is -0.335 e. The Morgan fingerprint density at radius 1 is 1.53 bits per heavy atom. The summed E-state index contributed by atoms with van der Waals surface area (Å²) in [6.07, 6.45) is 0. The molecule has 0 aliphatic carbocycles. The Morgan fingerprint density at radius 2 is 2.20 bits per heavy atom. The molecule has 0 unspecified atom stereocenters. The van der Waals surface area contributed by atoms with Gasteiger partial charge in [-0.2, -0.15) is 0 Å². The Bertz CT molecular complexity index is 400. The molecule has 0 bridgehead atoms. The van der Waals surface area contributed by atoms with Gasteiger partial charge in [0.05, 0.1) is 0 Å². The molecule has 1 aliphatic rings. The van der Waals surface area contributed by atoms with Crippen molar-refractivity contribution >= 4 is 17.5 Å². The summed E-state index contributed by atoms with van der Waals surface area (Å²) in [5, 5.41) is 0.630. The lowest BCUT2D eigenvalue weighted by atomic mass is 10.1. The van der Waals surface area contributed by atoms with Gasteiger partial charge in [-0.05, 0) is 24.6 Å². The zero-order valence-electron chi connectivity index (χ0n) is 8.53. The lowest BCUT2D eigenvalue weighted by Crippen LogP contribution is -2.57. The highest BCUT2D eigenvalue weighted by atomic mass is 35.5. The maximum Gasteiger partial charge on any atom is 0.254 e. The van der Waals surface area contributed by atoms with Crippen molar-refractivity contribution in [2.24, 2.45) is 5.73 Å². The molecular weight excluding hydrogens is 212 g/mol. The van der Waals surface area contributed by atoms with Crippen molar-refractivity contribution in [1.29, 1.82) is 0 Å². The fourth-order valence-electron chi connectivity index (χ4n) is 1.59. The molecule has 0 aromatic heterocycles. The van der Waals surface area contributed by atoms with Crippen molar-refractivity contribution in [3.05, 3.63) is 34.3 Å². The number of aryl methyl sites for hydroxylation is 1. The van der Waals surface area contributed by atoms with Gasteiger partial charge in [-0.15, -0.1) is 0 Å². The number of amides is 1. The normalized spacial score (nSPS) is 16.3. The Labute approximate surface area is 93.8 Å². The second-order valence-corrected chi connectivity index (χ2v) is 4.34. The van der Waals surface area contributed by atoms with Gasteiger partial charge >= 0.3 is 0 Å². The molecule has 1 aromatic rings. The summed E-state index contributed by atoms with van der Waals surface area (Å²) in [6.45, 7) is 3.20. The first-order chi connectivity index (χ1) is 7.08. The van der Waals surface area contributed by atoms with E-state index in [1.165, 1.54) is 0 Å². The third-order valence-corrected chi connectivity index (χ3v) is 3.02. The Kier molecular flexibility index (Phi) is 2.67. The first-order valence-electron chi connectivity index (χ1n) is 4.89. The molecule has 2 N–H and O–H groups in total. The number of hydrogen-bond acceptors (Lipinski definition) is 2. The van der Waals surface area contributed by atoms with E-state index in [0.29, 0.717) is 23.7 Å². The van der Waals surface area contributed by atoms with Crippen molar-refractivity contribution < 1.29 is 4.79 Å². The van der Waals surface area contributed by atoms with E-state index >= 15 is 0 Å². The molecule has 1 aromatic carbocycles. The molecule has 0 atom stereocenters. The van der Waals surface area contributed by atoms with Gasteiger partial charge in [0.1, 0.15) is 0 Å². The molecule has 80 valence electrons.